The zero-order valence-electron chi connectivity index (χ0n) is 13.1. The number of nitro groups is 1. The highest BCUT2D eigenvalue weighted by Crippen LogP contribution is 2.17. The average Bonchev–Trinajstić information content (AvgIpc) is 3.15. The molecule has 25 heavy (non-hydrogen) atoms. The summed E-state index contributed by atoms with van der Waals surface area (Å²) in [4.78, 5) is 22.2. The van der Waals surface area contributed by atoms with E-state index in [0.717, 1.165) is 11.3 Å². The number of benzene rings is 2. The minimum absolute atomic E-state index is 0.0492. The van der Waals surface area contributed by atoms with Crippen LogP contribution in [0.3, 0.4) is 0 Å². The fourth-order valence-corrected chi connectivity index (χ4v) is 2.26. The third-order valence-electron chi connectivity index (χ3n) is 3.50. The predicted octanol–water partition coefficient (Wildman–Crippen LogP) is 4.05. The van der Waals surface area contributed by atoms with Crippen molar-refractivity contribution in [3.05, 3.63) is 88.4 Å². The Kier molecular flexibility index (Phi) is 4.75. The van der Waals surface area contributed by atoms with Gasteiger partial charge in [-0.3, -0.25) is 14.9 Å². The highest BCUT2D eigenvalue weighted by atomic mass is 16.6. The van der Waals surface area contributed by atoms with Gasteiger partial charge in [-0.25, -0.2) is 0 Å². The maximum Gasteiger partial charge on any atom is 0.291 e. The van der Waals surface area contributed by atoms with Gasteiger partial charge in [0.1, 0.15) is 0 Å². The normalized spacial score (nSPS) is 10.2. The van der Waals surface area contributed by atoms with E-state index in [-0.39, 0.29) is 17.4 Å². The van der Waals surface area contributed by atoms with Crippen LogP contribution < -0.4 is 10.6 Å². The Morgan fingerprint density at radius 1 is 1.04 bits per heavy atom. The van der Waals surface area contributed by atoms with Gasteiger partial charge in [0.05, 0.1) is 11.2 Å². The molecule has 0 aliphatic heterocycles. The molecule has 0 fully saturated rings. The molecule has 0 atom stereocenters. The molecule has 7 heteroatoms. The molecule has 3 aromatic rings. The van der Waals surface area contributed by atoms with Gasteiger partial charge in [0.25, 0.3) is 11.6 Å². The van der Waals surface area contributed by atoms with Gasteiger partial charge >= 0.3 is 0 Å². The van der Waals surface area contributed by atoms with Gasteiger partial charge in [0.2, 0.25) is 0 Å². The average molecular weight is 337 g/mol. The van der Waals surface area contributed by atoms with Gasteiger partial charge in [0, 0.05) is 30.1 Å². The standard InChI is InChI=1S/C18H15N3O4/c22-18(17-5-2-10-25-17)20-15-4-1-3-13(11-15)12-19-14-6-8-16(9-7-14)21(23)24/h1-11,19H,12H2,(H,20,22). The highest BCUT2D eigenvalue weighted by Gasteiger charge is 2.09. The van der Waals surface area contributed by atoms with Gasteiger partial charge in [-0.1, -0.05) is 12.1 Å². The number of carbonyl (C=O) groups is 1. The van der Waals surface area contributed by atoms with Crippen molar-refractivity contribution in [2.75, 3.05) is 10.6 Å². The van der Waals surface area contributed by atoms with Crippen LogP contribution in [0.5, 0.6) is 0 Å². The number of hydrogen-bond donors (Lipinski definition) is 2. The Labute approximate surface area is 143 Å². The van der Waals surface area contributed by atoms with Crippen LogP contribution in [-0.2, 0) is 6.54 Å². The Balaban J connectivity index is 1.61. The quantitative estimate of drug-likeness (QED) is 0.522. The summed E-state index contributed by atoms with van der Waals surface area (Å²) in [6, 6.07) is 16.8. The van der Waals surface area contributed by atoms with Crippen molar-refractivity contribution in [3.8, 4) is 0 Å². The number of nitrogens with one attached hydrogen (secondary N) is 2. The predicted molar refractivity (Wildman–Crippen MR) is 93.5 cm³/mol. The highest BCUT2D eigenvalue weighted by molar-refractivity contribution is 6.02. The first-order valence-electron chi connectivity index (χ1n) is 7.54. The first-order chi connectivity index (χ1) is 12.1. The van der Waals surface area contributed by atoms with E-state index in [1.54, 1.807) is 30.3 Å². The van der Waals surface area contributed by atoms with Gasteiger partial charge in [-0.05, 0) is 42.0 Å². The lowest BCUT2D eigenvalue weighted by molar-refractivity contribution is -0.384. The van der Waals surface area contributed by atoms with Crippen LogP contribution in [0.25, 0.3) is 0 Å². The maximum absolute atomic E-state index is 12.0. The number of anilines is 2. The van der Waals surface area contributed by atoms with Gasteiger partial charge in [-0.15, -0.1) is 0 Å². The number of hydrogen-bond acceptors (Lipinski definition) is 5. The van der Waals surface area contributed by atoms with Gasteiger partial charge in [-0.2, -0.15) is 0 Å². The Bertz CT molecular complexity index is 874. The zero-order valence-corrected chi connectivity index (χ0v) is 13.1. The molecule has 0 saturated carbocycles. The molecule has 1 amide bonds. The third-order valence-corrected chi connectivity index (χ3v) is 3.50. The number of amides is 1. The fourth-order valence-electron chi connectivity index (χ4n) is 2.26. The monoisotopic (exact) mass is 337 g/mol. The molecular weight excluding hydrogens is 322 g/mol. The molecule has 0 radical (unpaired) electrons. The molecule has 0 aliphatic rings. The molecule has 0 aliphatic carbocycles. The second-order valence-electron chi connectivity index (χ2n) is 5.29. The van der Waals surface area contributed by atoms with Crippen LogP contribution in [0.2, 0.25) is 0 Å². The number of nitro benzene ring substituents is 1. The zero-order chi connectivity index (χ0) is 17.6. The summed E-state index contributed by atoms with van der Waals surface area (Å²) >= 11 is 0. The molecule has 0 saturated heterocycles. The van der Waals surface area contributed by atoms with Gasteiger partial charge < -0.3 is 15.1 Å². The van der Waals surface area contributed by atoms with Crippen molar-refractivity contribution >= 4 is 23.0 Å². The fraction of sp³-hybridized carbons (Fsp3) is 0.0556. The van der Waals surface area contributed by atoms with Gasteiger partial charge in [0.15, 0.2) is 5.76 Å². The summed E-state index contributed by atoms with van der Waals surface area (Å²) in [5.41, 5.74) is 2.43. The smallest absolute Gasteiger partial charge is 0.291 e. The molecule has 7 nitrogen and oxygen atoms in total. The molecule has 126 valence electrons. The summed E-state index contributed by atoms with van der Waals surface area (Å²) < 4.78 is 5.06. The van der Waals surface area contributed by atoms with E-state index in [4.69, 9.17) is 4.42 Å². The molecule has 0 unspecified atom stereocenters. The molecule has 0 spiro atoms. The molecule has 3 rings (SSSR count). The van der Waals surface area contributed by atoms with Crippen LogP contribution in [0.4, 0.5) is 17.1 Å². The van der Waals surface area contributed by atoms with E-state index in [9.17, 15) is 14.9 Å². The van der Waals surface area contributed by atoms with Crippen molar-refractivity contribution in [2.24, 2.45) is 0 Å². The van der Waals surface area contributed by atoms with E-state index in [1.807, 2.05) is 18.2 Å². The van der Waals surface area contributed by atoms with Crippen LogP contribution in [-0.4, -0.2) is 10.8 Å². The van der Waals surface area contributed by atoms with Crippen molar-refractivity contribution in [1.82, 2.24) is 0 Å². The number of non-ortho nitro benzene ring substituents is 1. The first kappa shape index (κ1) is 16.3. The number of carbonyl (C=O) groups excluding carboxylic acids is 1. The van der Waals surface area contributed by atoms with Crippen molar-refractivity contribution in [1.29, 1.82) is 0 Å². The number of rotatable bonds is 6. The topological polar surface area (TPSA) is 97.4 Å². The van der Waals surface area contributed by atoms with E-state index in [1.165, 1.54) is 18.4 Å². The molecule has 0 bridgehead atoms. The molecule has 1 aromatic heterocycles. The van der Waals surface area contributed by atoms with Crippen LogP contribution in [0.15, 0.2) is 71.3 Å². The summed E-state index contributed by atoms with van der Waals surface area (Å²) in [6.45, 7) is 0.516. The third kappa shape index (κ3) is 4.23. The van der Waals surface area contributed by atoms with E-state index in [0.29, 0.717) is 12.2 Å². The van der Waals surface area contributed by atoms with Crippen molar-refractivity contribution in [3.63, 3.8) is 0 Å². The van der Waals surface area contributed by atoms with E-state index >= 15 is 0 Å². The maximum atomic E-state index is 12.0. The largest absolute Gasteiger partial charge is 0.459 e. The van der Waals surface area contributed by atoms with Crippen molar-refractivity contribution < 1.29 is 14.1 Å². The van der Waals surface area contributed by atoms with E-state index in [2.05, 4.69) is 10.6 Å². The Morgan fingerprint density at radius 2 is 1.84 bits per heavy atom. The van der Waals surface area contributed by atoms with Crippen LogP contribution in [0.1, 0.15) is 16.1 Å². The number of nitrogens with zero attached hydrogens (tertiary/aromatic N) is 1. The number of furan rings is 1. The minimum atomic E-state index is -0.436. The Morgan fingerprint density at radius 3 is 2.52 bits per heavy atom. The summed E-state index contributed by atoms with van der Waals surface area (Å²) in [6.07, 6.45) is 1.44. The lowest BCUT2D eigenvalue weighted by Gasteiger charge is -2.09. The Hall–Kier alpha value is -3.61. The first-order valence-corrected chi connectivity index (χ1v) is 7.54. The van der Waals surface area contributed by atoms with E-state index < -0.39 is 4.92 Å². The molecule has 2 N–H and O–H groups in total. The van der Waals surface area contributed by atoms with Crippen LogP contribution in [0, 0.1) is 10.1 Å². The summed E-state index contributed by atoms with van der Waals surface area (Å²) in [5, 5.41) is 16.6. The van der Waals surface area contributed by atoms with Crippen LogP contribution >= 0.6 is 0 Å². The summed E-state index contributed by atoms with van der Waals surface area (Å²) in [5.74, 6) is -0.0695. The molecule has 2 aromatic carbocycles. The SMILES string of the molecule is O=C(Nc1cccc(CNc2ccc([N+](=O)[O-])cc2)c1)c1ccco1. The lowest BCUT2D eigenvalue weighted by Crippen LogP contribution is -2.11. The second-order valence-corrected chi connectivity index (χ2v) is 5.29. The lowest BCUT2D eigenvalue weighted by atomic mass is 10.2. The minimum Gasteiger partial charge on any atom is -0.459 e. The van der Waals surface area contributed by atoms with Crippen molar-refractivity contribution in [2.45, 2.75) is 6.54 Å². The molecular formula is C18H15N3O4. The second kappa shape index (κ2) is 7.31. The molecule has 1 heterocycles. The summed E-state index contributed by atoms with van der Waals surface area (Å²) in [7, 11) is 0.